The van der Waals surface area contributed by atoms with E-state index in [-0.39, 0.29) is 0 Å². The smallest absolute Gasteiger partial charge is 0.0943 e. The topological polar surface area (TPSA) is 24.1 Å². The molecule has 0 unspecified atom stereocenters. The fraction of sp³-hybridized carbons (Fsp3) is 0.600. The van der Waals surface area contributed by atoms with E-state index in [2.05, 4.69) is 16.7 Å². The molecule has 1 heterocycles. The molecule has 1 aliphatic heterocycles. The van der Waals surface area contributed by atoms with E-state index in [1.165, 1.54) is 5.82 Å². The summed E-state index contributed by atoms with van der Waals surface area (Å²) in [6.07, 6.45) is 3.32. The summed E-state index contributed by atoms with van der Waals surface area (Å²) in [5.74, 6) is 1.17. The first kappa shape index (κ1) is 4.50. The number of rotatable bonds is 1. The molecule has 0 fully saturated rings. The van der Waals surface area contributed by atoms with Gasteiger partial charge in [-0.3, -0.25) is 0 Å². The summed E-state index contributed by atoms with van der Waals surface area (Å²) in [4.78, 5) is 0. The van der Waals surface area contributed by atoms with E-state index in [1.54, 1.807) is 0 Å². The third-order valence-corrected chi connectivity index (χ3v) is 1.08. The van der Waals surface area contributed by atoms with Gasteiger partial charge < -0.3 is 10.6 Å². The standard InChI is InChI=1S/C5H10N2/c1-6-5-3-2-4-7-5/h3,6-7H,2,4H2,1H3. The van der Waals surface area contributed by atoms with Gasteiger partial charge in [0.15, 0.2) is 0 Å². The molecule has 0 bridgehead atoms. The molecule has 7 heavy (non-hydrogen) atoms. The van der Waals surface area contributed by atoms with Crippen molar-refractivity contribution in [3.63, 3.8) is 0 Å². The highest BCUT2D eigenvalue weighted by Gasteiger charge is 1.96. The Kier molecular flexibility index (Phi) is 1.20. The lowest BCUT2D eigenvalue weighted by Gasteiger charge is -1.98. The number of nitrogens with one attached hydrogen (secondary N) is 2. The van der Waals surface area contributed by atoms with Crippen LogP contribution in [0.1, 0.15) is 6.42 Å². The van der Waals surface area contributed by atoms with Crippen LogP contribution in [0.2, 0.25) is 0 Å². The van der Waals surface area contributed by atoms with E-state index in [4.69, 9.17) is 0 Å². The predicted octanol–water partition coefficient (Wildman–Crippen LogP) is 0.0405. The zero-order valence-electron chi connectivity index (χ0n) is 4.49. The van der Waals surface area contributed by atoms with Gasteiger partial charge in [0.05, 0.1) is 5.82 Å². The van der Waals surface area contributed by atoms with Gasteiger partial charge in [0.25, 0.3) is 0 Å². The molecule has 0 aromatic carbocycles. The van der Waals surface area contributed by atoms with Crippen LogP contribution in [0.4, 0.5) is 0 Å². The molecule has 0 radical (unpaired) electrons. The van der Waals surface area contributed by atoms with Crippen LogP contribution in [0.15, 0.2) is 11.9 Å². The van der Waals surface area contributed by atoms with Crippen LogP contribution in [-0.4, -0.2) is 13.6 Å². The van der Waals surface area contributed by atoms with E-state index in [9.17, 15) is 0 Å². The second kappa shape index (κ2) is 1.87. The highest BCUT2D eigenvalue weighted by molar-refractivity contribution is 5.01. The Bertz CT molecular complexity index is 86.1. The minimum absolute atomic E-state index is 1.09. The monoisotopic (exact) mass is 98.1 g/mol. The highest BCUT2D eigenvalue weighted by Crippen LogP contribution is 1.93. The van der Waals surface area contributed by atoms with Crippen LogP contribution < -0.4 is 10.6 Å². The molecule has 2 nitrogen and oxygen atoms in total. The third-order valence-electron chi connectivity index (χ3n) is 1.08. The Morgan fingerprint density at radius 2 is 2.71 bits per heavy atom. The Morgan fingerprint density at radius 3 is 3.00 bits per heavy atom. The summed E-state index contributed by atoms with van der Waals surface area (Å²) in [5.41, 5.74) is 0. The van der Waals surface area contributed by atoms with Gasteiger partial charge in [-0.05, 0) is 12.5 Å². The Hall–Kier alpha value is -0.660. The summed E-state index contributed by atoms with van der Waals surface area (Å²) in [6, 6.07) is 0. The largest absolute Gasteiger partial charge is 0.375 e. The normalized spacial score (nSPS) is 18.1. The van der Waals surface area contributed by atoms with Crippen molar-refractivity contribution in [2.75, 3.05) is 13.6 Å². The Labute approximate surface area is 43.6 Å². The van der Waals surface area contributed by atoms with Gasteiger partial charge >= 0.3 is 0 Å². The fourth-order valence-corrected chi connectivity index (χ4v) is 0.686. The summed E-state index contributed by atoms with van der Waals surface area (Å²) >= 11 is 0. The summed E-state index contributed by atoms with van der Waals surface area (Å²) in [5, 5.41) is 6.17. The van der Waals surface area contributed by atoms with E-state index < -0.39 is 0 Å². The lowest BCUT2D eigenvalue weighted by Crippen LogP contribution is -2.18. The predicted molar refractivity (Wildman–Crippen MR) is 29.8 cm³/mol. The molecule has 2 N–H and O–H groups in total. The first-order chi connectivity index (χ1) is 3.43. The molecule has 0 saturated heterocycles. The van der Waals surface area contributed by atoms with Gasteiger partial charge in [-0.25, -0.2) is 0 Å². The van der Waals surface area contributed by atoms with Gasteiger partial charge in [-0.15, -0.1) is 0 Å². The zero-order valence-corrected chi connectivity index (χ0v) is 4.49. The van der Waals surface area contributed by atoms with Crippen molar-refractivity contribution in [1.82, 2.24) is 10.6 Å². The van der Waals surface area contributed by atoms with Crippen LogP contribution in [0.25, 0.3) is 0 Å². The molecule has 1 aliphatic rings. The third kappa shape index (κ3) is 0.856. The van der Waals surface area contributed by atoms with Crippen LogP contribution in [0.5, 0.6) is 0 Å². The van der Waals surface area contributed by atoms with Crippen molar-refractivity contribution in [3.05, 3.63) is 11.9 Å². The van der Waals surface area contributed by atoms with Gasteiger partial charge in [0.1, 0.15) is 0 Å². The maximum absolute atomic E-state index is 3.16. The van der Waals surface area contributed by atoms with Crippen LogP contribution in [-0.2, 0) is 0 Å². The minimum atomic E-state index is 1.09. The van der Waals surface area contributed by atoms with E-state index in [0.717, 1.165) is 13.0 Å². The molecular formula is C5H10N2. The lowest BCUT2D eigenvalue weighted by molar-refractivity contribution is 0.799. The molecule has 0 amide bonds. The molecule has 2 heteroatoms. The number of hydrogen-bond acceptors (Lipinski definition) is 2. The second-order valence-corrected chi connectivity index (χ2v) is 1.58. The van der Waals surface area contributed by atoms with Gasteiger partial charge in [-0.1, -0.05) is 0 Å². The molecule has 0 spiro atoms. The maximum Gasteiger partial charge on any atom is 0.0943 e. The van der Waals surface area contributed by atoms with Crippen LogP contribution >= 0.6 is 0 Å². The minimum Gasteiger partial charge on any atom is -0.375 e. The summed E-state index contributed by atoms with van der Waals surface area (Å²) in [6.45, 7) is 1.09. The molecular weight excluding hydrogens is 88.1 g/mol. The molecule has 0 aromatic rings. The SMILES string of the molecule is CNC1=CCCN1. The lowest BCUT2D eigenvalue weighted by atomic mass is 10.5. The molecule has 0 aromatic heterocycles. The zero-order chi connectivity index (χ0) is 5.11. The quantitative estimate of drug-likeness (QED) is 0.484. The van der Waals surface area contributed by atoms with Crippen LogP contribution in [0, 0.1) is 0 Å². The van der Waals surface area contributed by atoms with E-state index in [0.29, 0.717) is 0 Å². The Morgan fingerprint density at radius 1 is 1.86 bits per heavy atom. The highest BCUT2D eigenvalue weighted by atomic mass is 15.1. The first-order valence-electron chi connectivity index (χ1n) is 2.55. The second-order valence-electron chi connectivity index (χ2n) is 1.58. The van der Waals surface area contributed by atoms with Crippen molar-refractivity contribution < 1.29 is 0 Å². The van der Waals surface area contributed by atoms with Crippen molar-refractivity contribution in [1.29, 1.82) is 0 Å². The average Bonchev–Trinajstić information content (AvgIpc) is 2.14. The van der Waals surface area contributed by atoms with E-state index in [1.807, 2.05) is 7.05 Å². The summed E-state index contributed by atoms with van der Waals surface area (Å²) < 4.78 is 0. The average molecular weight is 98.1 g/mol. The first-order valence-corrected chi connectivity index (χ1v) is 2.55. The molecule has 0 aliphatic carbocycles. The maximum atomic E-state index is 3.16. The van der Waals surface area contributed by atoms with Gasteiger partial charge in [0.2, 0.25) is 0 Å². The summed E-state index contributed by atoms with van der Waals surface area (Å²) in [7, 11) is 1.92. The molecule has 0 atom stereocenters. The van der Waals surface area contributed by atoms with Crippen molar-refractivity contribution in [2.24, 2.45) is 0 Å². The molecule has 0 saturated carbocycles. The fourth-order valence-electron chi connectivity index (χ4n) is 0.686. The van der Waals surface area contributed by atoms with Crippen molar-refractivity contribution >= 4 is 0 Å². The Balaban J connectivity index is 2.36. The van der Waals surface area contributed by atoms with Crippen molar-refractivity contribution in [2.45, 2.75) is 6.42 Å². The van der Waals surface area contributed by atoms with Gasteiger partial charge in [0, 0.05) is 13.6 Å². The van der Waals surface area contributed by atoms with Crippen molar-refractivity contribution in [3.8, 4) is 0 Å². The van der Waals surface area contributed by atoms with Gasteiger partial charge in [-0.2, -0.15) is 0 Å². The van der Waals surface area contributed by atoms with E-state index >= 15 is 0 Å². The molecule has 1 rings (SSSR count). The van der Waals surface area contributed by atoms with Crippen LogP contribution in [0.3, 0.4) is 0 Å². The number of hydrogen-bond donors (Lipinski definition) is 2. The molecule has 40 valence electrons.